The first-order chi connectivity index (χ1) is 11.3. The van der Waals surface area contributed by atoms with E-state index in [1.165, 1.54) is 12.1 Å². The van der Waals surface area contributed by atoms with E-state index < -0.39 is 24.8 Å². The highest BCUT2D eigenvalue weighted by Gasteiger charge is 2.31. The van der Waals surface area contributed by atoms with Crippen LogP contribution in [0.3, 0.4) is 0 Å². The van der Waals surface area contributed by atoms with Crippen molar-refractivity contribution in [1.82, 2.24) is 0 Å². The van der Waals surface area contributed by atoms with Crippen LogP contribution in [0, 0.1) is 0 Å². The average Bonchev–Trinajstić information content (AvgIpc) is 2.55. The Labute approximate surface area is 136 Å². The Hall–Kier alpha value is -2.32. The highest BCUT2D eigenvalue weighted by atomic mass is 19.4. The van der Waals surface area contributed by atoms with Gasteiger partial charge < -0.3 is 15.0 Å². The van der Waals surface area contributed by atoms with Crippen LogP contribution >= 0.6 is 0 Å². The number of halogens is 3. The molecule has 0 radical (unpaired) electrons. The molecule has 2 N–H and O–H groups in total. The van der Waals surface area contributed by atoms with E-state index in [0.29, 0.717) is 24.2 Å². The van der Waals surface area contributed by atoms with Crippen LogP contribution in [0.25, 0.3) is 0 Å². The van der Waals surface area contributed by atoms with Gasteiger partial charge in [-0.15, -0.1) is 0 Å². The third-order valence-corrected chi connectivity index (χ3v) is 3.77. The lowest BCUT2D eigenvalue weighted by atomic mass is 9.73. The summed E-state index contributed by atoms with van der Waals surface area (Å²) in [6.45, 7) is 0.407. The summed E-state index contributed by atoms with van der Waals surface area (Å²) >= 11 is 0. The van der Waals surface area contributed by atoms with Crippen molar-refractivity contribution in [2.75, 3.05) is 11.9 Å². The first-order valence-corrected chi connectivity index (χ1v) is 7.26. The zero-order valence-corrected chi connectivity index (χ0v) is 12.4. The van der Waals surface area contributed by atoms with Crippen LogP contribution in [0.5, 0.6) is 0 Å². The first kappa shape index (κ1) is 16.5. The fourth-order valence-electron chi connectivity index (χ4n) is 2.54. The van der Waals surface area contributed by atoms with E-state index in [4.69, 9.17) is 4.65 Å². The Morgan fingerprint density at radius 1 is 1.21 bits per heavy atom. The largest absolute Gasteiger partial charge is 0.491 e. The molecule has 0 aliphatic carbocycles. The summed E-state index contributed by atoms with van der Waals surface area (Å²) in [4.78, 5) is 12.2. The lowest BCUT2D eigenvalue weighted by molar-refractivity contribution is -0.137. The molecule has 0 spiro atoms. The molecule has 8 heteroatoms. The van der Waals surface area contributed by atoms with Gasteiger partial charge in [-0.1, -0.05) is 12.1 Å². The summed E-state index contributed by atoms with van der Waals surface area (Å²) in [6.07, 6.45) is -3.86. The molecule has 0 unspecified atom stereocenters. The Kier molecular flexibility index (Phi) is 4.34. The topological polar surface area (TPSA) is 58.6 Å². The number of rotatable bonds is 2. The molecule has 4 nitrogen and oxygen atoms in total. The number of hydrogen-bond acceptors (Lipinski definition) is 3. The predicted molar refractivity (Wildman–Crippen MR) is 83.1 cm³/mol. The van der Waals surface area contributed by atoms with Gasteiger partial charge in [0.25, 0.3) is 5.91 Å². The minimum absolute atomic E-state index is 0.0978. The van der Waals surface area contributed by atoms with E-state index in [1.54, 1.807) is 18.2 Å². The van der Waals surface area contributed by atoms with Crippen molar-refractivity contribution in [1.29, 1.82) is 0 Å². The van der Waals surface area contributed by atoms with Crippen molar-refractivity contribution in [3.05, 3.63) is 59.2 Å². The van der Waals surface area contributed by atoms with Gasteiger partial charge in [-0.3, -0.25) is 4.79 Å². The molecule has 1 aliphatic rings. The van der Waals surface area contributed by atoms with E-state index in [0.717, 1.165) is 17.7 Å². The third-order valence-electron chi connectivity index (χ3n) is 3.77. The number of carbonyl (C=O) groups is 1. The van der Waals surface area contributed by atoms with Gasteiger partial charge in [-0.2, -0.15) is 13.2 Å². The fourth-order valence-corrected chi connectivity index (χ4v) is 2.54. The Morgan fingerprint density at radius 2 is 2.00 bits per heavy atom. The maximum absolute atomic E-state index is 12.7. The van der Waals surface area contributed by atoms with Crippen molar-refractivity contribution in [3.63, 3.8) is 0 Å². The monoisotopic (exact) mass is 335 g/mol. The van der Waals surface area contributed by atoms with E-state index >= 15 is 0 Å². The maximum Gasteiger partial charge on any atom is 0.491 e. The van der Waals surface area contributed by atoms with Crippen molar-refractivity contribution in [3.8, 4) is 0 Å². The first-order valence-electron chi connectivity index (χ1n) is 7.26. The van der Waals surface area contributed by atoms with Gasteiger partial charge in [0.15, 0.2) is 0 Å². The number of fused-ring (bicyclic) bond motifs is 1. The summed E-state index contributed by atoms with van der Waals surface area (Å²) in [5.41, 5.74) is 0.846. The average molecular weight is 335 g/mol. The van der Waals surface area contributed by atoms with E-state index in [2.05, 4.69) is 5.32 Å². The standard InChI is InChI=1S/C16H13BF3NO3/c18-16(19,20)12-3-1-2-11(8-12)15(22)21-13-5-4-10-6-7-24-17(23)14(10)9-13/h1-5,8-9,23H,6-7H2,(H,21,22). The number of carbonyl (C=O) groups excluding carboxylic acids is 1. The van der Waals surface area contributed by atoms with Gasteiger partial charge in [0.05, 0.1) is 5.56 Å². The molecule has 124 valence electrons. The highest BCUT2D eigenvalue weighted by molar-refractivity contribution is 6.61. The van der Waals surface area contributed by atoms with Gasteiger partial charge >= 0.3 is 13.3 Å². The lowest BCUT2D eigenvalue weighted by Crippen LogP contribution is -2.41. The molecule has 3 rings (SSSR count). The molecule has 1 heterocycles. The molecule has 0 atom stereocenters. The van der Waals surface area contributed by atoms with E-state index in [1.807, 2.05) is 0 Å². The van der Waals surface area contributed by atoms with Crippen LogP contribution in [-0.2, 0) is 17.3 Å². The molecule has 2 aromatic rings. The van der Waals surface area contributed by atoms with Crippen LogP contribution < -0.4 is 10.8 Å². The maximum atomic E-state index is 12.7. The van der Waals surface area contributed by atoms with Crippen molar-refractivity contribution < 1.29 is 27.6 Å². The molecular formula is C16H13BF3NO3. The lowest BCUT2D eigenvalue weighted by Gasteiger charge is -2.19. The molecule has 24 heavy (non-hydrogen) atoms. The molecule has 0 saturated carbocycles. The van der Waals surface area contributed by atoms with Crippen LogP contribution in [0.1, 0.15) is 21.5 Å². The predicted octanol–water partition coefficient (Wildman–Crippen LogP) is 2.22. The van der Waals surface area contributed by atoms with Gasteiger partial charge in [-0.05, 0) is 47.8 Å². The second kappa shape index (κ2) is 6.29. The van der Waals surface area contributed by atoms with E-state index in [9.17, 15) is 23.0 Å². The third kappa shape index (κ3) is 3.44. The SMILES string of the molecule is O=C(Nc1ccc2c(c1)B(O)OCC2)c1cccc(C(F)(F)F)c1. The number of amides is 1. The summed E-state index contributed by atoms with van der Waals surface area (Å²) in [7, 11) is -1.07. The van der Waals surface area contributed by atoms with Crippen LogP contribution in [-0.4, -0.2) is 24.7 Å². The zero-order valence-electron chi connectivity index (χ0n) is 12.4. The Morgan fingerprint density at radius 3 is 2.75 bits per heavy atom. The van der Waals surface area contributed by atoms with Crippen LogP contribution in [0.15, 0.2) is 42.5 Å². The number of alkyl halides is 3. The number of anilines is 1. The second-order valence-corrected chi connectivity index (χ2v) is 5.42. The van der Waals surface area contributed by atoms with Gasteiger partial charge in [0.2, 0.25) is 0 Å². The number of nitrogens with one attached hydrogen (secondary N) is 1. The molecule has 0 fully saturated rings. The van der Waals surface area contributed by atoms with Crippen molar-refractivity contribution in [2.24, 2.45) is 0 Å². The minimum Gasteiger partial charge on any atom is -0.423 e. The fraction of sp³-hybridized carbons (Fsp3) is 0.188. The second-order valence-electron chi connectivity index (χ2n) is 5.42. The van der Waals surface area contributed by atoms with Gasteiger partial charge in [-0.25, -0.2) is 0 Å². The molecule has 1 amide bonds. The minimum atomic E-state index is -4.51. The molecule has 0 bridgehead atoms. The Bertz CT molecular complexity index is 779. The molecule has 0 aromatic heterocycles. The summed E-state index contributed by atoms with van der Waals surface area (Å²) in [5.74, 6) is -0.660. The highest BCUT2D eigenvalue weighted by Crippen LogP contribution is 2.29. The smallest absolute Gasteiger partial charge is 0.423 e. The zero-order chi connectivity index (χ0) is 17.3. The van der Waals surface area contributed by atoms with Crippen LogP contribution in [0.4, 0.5) is 18.9 Å². The van der Waals surface area contributed by atoms with Crippen molar-refractivity contribution >= 4 is 24.2 Å². The van der Waals surface area contributed by atoms with Gasteiger partial charge in [0, 0.05) is 17.9 Å². The summed E-state index contributed by atoms with van der Waals surface area (Å²) < 4.78 is 43.3. The van der Waals surface area contributed by atoms with Gasteiger partial charge in [0.1, 0.15) is 0 Å². The normalized spacial score (nSPS) is 14.2. The molecule has 0 saturated heterocycles. The summed E-state index contributed by atoms with van der Waals surface area (Å²) in [5, 5.41) is 12.3. The molecule has 1 aliphatic heterocycles. The molecule has 2 aromatic carbocycles. The van der Waals surface area contributed by atoms with Crippen molar-refractivity contribution in [2.45, 2.75) is 12.6 Å². The number of benzene rings is 2. The van der Waals surface area contributed by atoms with E-state index in [-0.39, 0.29) is 5.56 Å². The number of hydrogen-bond donors (Lipinski definition) is 2. The Balaban J connectivity index is 1.82. The molecular weight excluding hydrogens is 322 g/mol. The quantitative estimate of drug-likeness (QED) is 0.828. The summed E-state index contributed by atoms with van der Waals surface area (Å²) in [6, 6.07) is 9.15. The van der Waals surface area contributed by atoms with Crippen LogP contribution in [0.2, 0.25) is 0 Å².